The normalized spacial score (nSPS) is 12.1. The van der Waals surface area contributed by atoms with Gasteiger partial charge in [-0.3, -0.25) is 0 Å². The Morgan fingerprint density at radius 3 is 2.60 bits per heavy atom. The lowest BCUT2D eigenvalue weighted by molar-refractivity contribution is 0.0473. The lowest BCUT2D eigenvalue weighted by atomic mass is 10.1. The highest BCUT2D eigenvalue weighted by molar-refractivity contribution is 7.13. The first-order chi connectivity index (χ1) is 12.1. The fourth-order valence-corrected chi connectivity index (χ4v) is 3.40. The first-order valence-corrected chi connectivity index (χ1v) is 9.24. The van der Waals surface area contributed by atoms with Gasteiger partial charge in [0, 0.05) is 16.4 Å². The average Bonchev–Trinajstić information content (AvgIpc) is 3.05. The van der Waals surface area contributed by atoms with Gasteiger partial charge in [-0.1, -0.05) is 41.4 Å². The molecule has 3 nitrogen and oxygen atoms in total. The van der Waals surface area contributed by atoms with Crippen molar-refractivity contribution in [3.05, 3.63) is 81.7 Å². The molecule has 0 aliphatic heterocycles. The predicted octanol–water partition coefficient (Wildman–Crippen LogP) is 5.72. The van der Waals surface area contributed by atoms with Crippen molar-refractivity contribution in [1.29, 1.82) is 0 Å². The van der Waals surface area contributed by atoms with Crippen molar-refractivity contribution in [2.24, 2.45) is 5.73 Å². The van der Waals surface area contributed by atoms with E-state index in [2.05, 4.69) is 6.92 Å². The van der Waals surface area contributed by atoms with Crippen LogP contribution in [0, 0.1) is 6.92 Å². The molecule has 0 saturated heterocycles. The summed E-state index contributed by atoms with van der Waals surface area (Å²) in [6.07, 6.45) is -0.178. The second-order valence-corrected chi connectivity index (χ2v) is 7.29. The van der Waals surface area contributed by atoms with Gasteiger partial charge in [-0.2, -0.15) is 0 Å². The second kappa shape index (κ2) is 8.50. The molecule has 130 valence electrons. The van der Waals surface area contributed by atoms with Gasteiger partial charge in [-0.25, -0.2) is 0 Å². The van der Waals surface area contributed by atoms with Gasteiger partial charge in [-0.05, 0) is 48.9 Å². The van der Waals surface area contributed by atoms with Gasteiger partial charge in [0.15, 0.2) is 5.06 Å². The molecule has 2 aromatic carbocycles. The Hall–Kier alpha value is -1.85. The van der Waals surface area contributed by atoms with Crippen LogP contribution in [0.15, 0.2) is 60.7 Å². The molecule has 0 unspecified atom stereocenters. The number of hydrogen-bond donors (Lipinski definition) is 1. The van der Waals surface area contributed by atoms with Crippen LogP contribution in [0.3, 0.4) is 0 Å². The maximum absolute atomic E-state index is 6.04. The van der Waals surface area contributed by atoms with E-state index in [1.807, 2.05) is 60.7 Å². The highest BCUT2D eigenvalue weighted by atomic mass is 35.5. The molecule has 3 aromatic rings. The highest BCUT2D eigenvalue weighted by Gasteiger charge is 2.12. The summed E-state index contributed by atoms with van der Waals surface area (Å²) < 4.78 is 11.8. The molecular weight excluding hydrogens is 354 g/mol. The van der Waals surface area contributed by atoms with E-state index in [4.69, 9.17) is 26.8 Å². The monoisotopic (exact) mass is 373 g/mol. The van der Waals surface area contributed by atoms with E-state index in [9.17, 15) is 0 Å². The molecule has 0 saturated carbocycles. The lowest BCUT2D eigenvalue weighted by Crippen LogP contribution is -2.15. The molecule has 1 atom stereocenters. The third kappa shape index (κ3) is 5.06. The standard InChI is InChI=1S/C20H20ClNO2S/c1-14-5-7-17(8-6-14)24-20-10-9-18(25-20)13-23-19(12-22)15-3-2-4-16(21)11-15/h2-11,19H,12-13,22H2,1H3/t19-/m0/s1. The van der Waals surface area contributed by atoms with Gasteiger partial charge in [0.05, 0.1) is 12.7 Å². The van der Waals surface area contributed by atoms with E-state index in [1.54, 1.807) is 11.3 Å². The van der Waals surface area contributed by atoms with Gasteiger partial charge >= 0.3 is 0 Å². The summed E-state index contributed by atoms with van der Waals surface area (Å²) in [7, 11) is 0. The van der Waals surface area contributed by atoms with Crippen LogP contribution in [0.1, 0.15) is 22.1 Å². The smallest absolute Gasteiger partial charge is 0.181 e. The number of halogens is 1. The number of hydrogen-bond acceptors (Lipinski definition) is 4. The zero-order valence-corrected chi connectivity index (χ0v) is 15.5. The largest absolute Gasteiger partial charge is 0.447 e. The van der Waals surface area contributed by atoms with Crippen molar-refractivity contribution < 1.29 is 9.47 Å². The zero-order chi connectivity index (χ0) is 17.6. The van der Waals surface area contributed by atoms with Gasteiger partial charge in [0.25, 0.3) is 0 Å². The fourth-order valence-electron chi connectivity index (χ4n) is 2.40. The first kappa shape index (κ1) is 18.0. The maximum Gasteiger partial charge on any atom is 0.181 e. The molecule has 3 rings (SSSR count). The minimum atomic E-state index is -0.178. The van der Waals surface area contributed by atoms with Crippen molar-refractivity contribution in [3.8, 4) is 10.8 Å². The number of benzene rings is 2. The minimum Gasteiger partial charge on any atom is -0.447 e. The third-order valence-electron chi connectivity index (χ3n) is 3.74. The average molecular weight is 374 g/mol. The number of thiophene rings is 1. The molecule has 0 amide bonds. The third-order valence-corrected chi connectivity index (χ3v) is 4.91. The summed E-state index contributed by atoms with van der Waals surface area (Å²) in [6.45, 7) is 2.94. The van der Waals surface area contributed by atoms with Gasteiger partial charge in [-0.15, -0.1) is 11.3 Å². The van der Waals surface area contributed by atoms with Crippen molar-refractivity contribution >= 4 is 22.9 Å². The first-order valence-electron chi connectivity index (χ1n) is 8.04. The summed E-state index contributed by atoms with van der Waals surface area (Å²) in [5.41, 5.74) is 8.05. The Morgan fingerprint density at radius 2 is 1.88 bits per heavy atom. The van der Waals surface area contributed by atoms with E-state index >= 15 is 0 Å². The Labute approximate surface area is 157 Å². The molecule has 0 aliphatic rings. The highest BCUT2D eigenvalue weighted by Crippen LogP contribution is 2.31. The van der Waals surface area contributed by atoms with Crippen molar-refractivity contribution in [2.45, 2.75) is 19.6 Å². The number of nitrogens with two attached hydrogens (primary N) is 1. The molecule has 2 N–H and O–H groups in total. The molecular formula is C20H20ClNO2S. The molecule has 5 heteroatoms. The molecule has 0 spiro atoms. The van der Waals surface area contributed by atoms with Crippen LogP contribution in [-0.4, -0.2) is 6.54 Å². The SMILES string of the molecule is Cc1ccc(Oc2ccc(CO[C@@H](CN)c3cccc(Cl)c3)s2)cc1. The Morgan fingerprint density at radius 1 is 1.08 bits per heavy atom. The molecule has 0 fully saturated rings. The van der Waals surface area contributed by atoms with E-state index in [-0.39, 0.29) is 6.10 Å². The van der Waals surface area contributed by atoms with Crippen LogP contribution in [-0.2, 0) is 11.3 Å². The van der Waals surface area contributed by atoms with Crippen LogP contribution in [0.2, 0.25) is 5.02 Å². The maximum atomic E-state index is 6.04. The minimum absolute atomic E-state index is 0.178. The fraction of sp³-hybridized carbons (Fsp3) is 0.200. The van der Waals surface area contributed by atoms with Crippen LogP contribution >= 0.6 is 22.9 Å². The lowest BCUT2D eigenvalue weighted by Gasteiger charge is -2.16. The Kier molecular flexibility index (Phi) is 6.10. The van der Waals surface area contributed by atoms with Crippen molar-refractivity contribution in [3.63, 3.8) is 0 Å². The number of rotatable bonds is 7. The summed E-state index contributed by atoms with van der Waals surface area (Å²) in [5.74, 6) is 0.832. The number of aryl methyl sites for hydroxylation is 1. The van der Waals surface area contributed by atoms with Crippen LogP contribution < -0.4 is 10.5 Å². The molecule has 25 heavy (non-hydrogen) atoms. The van der Waals surface area contributed by atoms with E-state index < -0.39 is 0 Å². The molecule has 0 aliphatic carbocycles. The molecule has 1 aromatic heterocycles. The topological polar surface area (TPSA) is 44.5 Å². The molecule has 0 bridgehead atoms. The van der Waals surface area contributed by atoms with E-state index in [0.717, 1.165) is 21.3 Å². The van der Waals surface area contributed by atoms with E-state index in [0.29, 0.717) is 18.2 Å². The zero-order valence-electron chi connectivity index (χ0n) is 13.9. The van der Waals surface area contributed by atoms with Crippen LogP contribution in [0.25, 0.3) is 0 Å². The van der Waals surface area contributed by atoms with Gasteiger partial charge in [0.2, 0.25) is 0 Å². The van der Waals surface area contributed by atoms with Gasteiger partial charge in [0.1, 0.15) is 5.75 Å². The Bertz CT molecular complexity index is 817. The summed E-state index contributed by atoms with van der Waals surface area (Å²) in [4.78, 5) is 1.09. The van der Waals surface area contributed by atoms with Gasteiger partial charge < -0.3 is 15.2 Å². The molecule has 1 heterocycles. The second-order valence-electron chi connectivity index (χ2n) is 5.73. The molecule has 0 radical (unpaired) electrons. The Balaban J connectivity index is 1.60. The van der Waals surface area contributed by atoms with Crippen molar-refractivity contribution in [2.75, 3.05) is 6.54 Å². The quantitative estimate of drug-likeness (QED) is 0.576. The number of ether oxygens (including phenoxy) is 2. The predicted molar refractivity (Wildman–Crippen MR) is 104 cm³/mol. The van der Waals surface area contributed by atoms with E-state index in [1.165, 1.54) is 5.56 Å². The summed E-state index contributed by atoms with van der Waals surface area (Å²) in [6, 6.07) is 19.6. The van der Waals surface area contributed by atoms with Crippen LogP contribution in [0.4, 0.5) is 0 Å². The van der Waals surface area contributed by atoms with Crippen LogP contribution in [0.5, 0.6) is 10.8 Å². The summed E-state index contributed by atoms with van der Waals surface area (Å²) >= 11 is 7.61. The summed E-state index contributed by atoms with van der Waals surface area (Å²) in [5, 5.41) is 1.53. The van der Waals surface area contributed by atoms with Crippen molar-refractivity contribution in [1.82, 2.24) is 0 Å².